The Balaban J connectivity index is 2.13. The fraction of sp³-hybridized carbons (Fsp3) is 0.417. The zero-order valence-electron chi connectivity index (χ0n) is 9.43. The number of nitrogens with one attached hydrogen (secondary N) is 1. The molecular formula is C12H13BrFNO2. The molecule has 1 aliphatic heterocycles. The van der Waals surface area contributed by atoms with Crippen molar-refractivity contribution < 1.29 is 13.9 Å². The molecule has 0 aromatic heterocycles. The zero-order chi connectivity index (χ0) is 12.4. The summed E-state index contributed by atoms with van der Waals surface area (Å²) in [6.07, 6.45) is 0.807. The molecule has 5 heteroatoms. The third-order valence-corrected chi connectivity index (χ3v) is 3.63. The van der Waals surface area contributed by atoms with E-state index in [4.69, 9.17) is 4.74 Å². The minimum atomic E-state index is -0.382. The molecule has 0 saturated carbocycles. The monoisotopic (exact) mass is 301 g/mol. The van der Waals surface area contributed by atoms with Crippen LogP contribution in [0.5, 0.6) is 0 Å². The number of carbonyl (C=O) groups excluding carboxylic acids is 1. The van der Waals surface area contributed by atoms with Crippen LogP contribution in [-0.2, 0) is 4.74 Å². The van der Waals surface area contributed by atoms with Crippen molar-refractivity contribution in [1.29, 1.82) is 0 Å². The standard InChI is InChI=1S/C12H13BrFNO2/c1-7-10(13)4-8(5-11(7)14)12(16)15-9-2-3-17-6-9/h4-5,9H,2-3,6H2,1H3,(H,15,16). The van der Waals surface area contributed by atoms with Crippen molar-refractivity contribution in [2.24, 2.45) is 0 Å². The van der Waals surface area contributed by atoms with Crippen molar-refractivity contribution in [2.75, 3.05) is 13.2 Å². The van der Waals surface area contributed by atoms with Gasteiger partial charge in [0, 0.05) is 16.6 Å². The van der Waals surface area contributed by atoms with Gasteiger partial charge in [-0.3, -0.25) is 4.79 Å². The highest BCUT2D eigenvalue weighted by molar-refractivity contribution is 9.10. The van der Waals surface area contributed by atoms with Crippen molar-refractivity contribution in [3.8, 4) is 0 Å². The molecule has 1 aliphatic rings. The lowest BCUT2D eigenvalue weighted by Crippen LogP contribution is -2.35. The minimum Gasteiger partial charge on any atom is -0.379 e. The van der Waals surface area contributed by atoms with Gasteiger partial charge in [0.1, 0.15) is 5.82 Å². The fourth-order valence-electron chi connectivity index (χ4n) is 1.69. The maximum Gasteiger partial charge on any atom is 0.251 e. The molecule has 1 aromatic carbocycles. The molecule has 1 heterocycles. The van der Waals surface area contributed by atoms with Gasteiger partial charge in [-0.2, -0.15) is 0 Å². The Morgan fingerprint density at radius 1 is 1.59 bits per heavy atom. The van der Waals surface area contributed by atoms with Crippen LogP contribution in [0.1, 0.15) is 22.3 Å². The number of halogens is 2. The van der Waals surface area contributed by atoms with Crippen molar-refractivity contribution >= 4 is 21.8 Å². The summed E-state index contributed by atoms with van der Waals surface area (Å²) in [7, 11) is 0. The fourth-order valence-corrected chi connectivity index (χ4v) is 2.13. The summed E-state index contributed by atoms with van der Waals surface area (Å²) < 4.78 is 19.2. The third-order valence-electron chi connectivity index (χ3n) is 2.81. The number of ether oxygens (including phenoxy) is 1. The summed E-state index contributed by atoms with van der Waals surface area (Å²) in [5.74, 6) is -0.646. The highest BCUT2D eigenvalue weighted by Crippen LogP contribution is 2.21. The van der Waals surface area contributed by atoms with Gasteiger partial charge in [0.2, 0.25) is 0 Å². The van der Waals surface area contributed by atoms with E-state index in [9.17, 15) is 9.18 Å². The van der Waals surface area contributed by atoms with Crippen LogP contribution < -0.4 is 5.32 Å². The quantitative estimate of drug-likeness (QED) is 0.911. The normalized spacial score (nSPS) is 19.4. The largest absolute Gasteiger partial charge is 0.379 e. The Labute approximate surface area is 107 Å². The molecule has 0 aliphatic carbocycles. The Hall–Kier alpha value is -0.940. The van der Waals surface area contributed by atoms with Gasteiger partial charge >= 0.3 is 0 Å². The van der Waals surface area contributed by atoms with E-state index in [-0.39, 0.29) is 17.8 Å². The van der Waals surface area contributed by atoms with Crippen LogP contribution in [0.3, 0.4) is 0 Å². The highest BCUT2D eigenvalue weighted by Gasteiger charge is 2.19. The lowest BCUT2D eigenvalue weighted by molar-refractivity contribution is 0.0929. The molecule has 0 bridgehead atoms. The van der Waals surface area contributed by atoms with Gasteiger partial charge in [-0.1, -0.05) is 15.9 Å². The molecule has 17 heavy (non-hydrogen) atoms. The van der Waals surface area contributed by atoms with E-state index in [1.165, 1.54) is 6.07 Å². The Kier molecular flexibility index (Phi) is 3.79. The van der Waals surface area contributed by atoms with Gasteiger partial charge in [-0.05, 0) is 31.0 Å². The van der Waals surface area contributed by atoms with Gasteiger partial charge in [0.05, 0.1) is 12.6 Å². The van der Waals surface area contributed by atoms with Crippen LogP contribution in [0, 0.1) is 12.7 Å². The molecule has 1 fully saturated rings. The van der Waals surface area contributed by atoms with Crippen molar-refractivity contribution in [3.63, 3.8) is 0 Å². The third kappa shape index (κ3) is 2.84. The summed E-state index contributed by atoms with van der Waals surface area (Å²) in [5, 5.41) is 2.82. The molecule has 1 aromatic rings. The van der Waals surface area contributed by atoms with Gasteiger partial charge < -0.3 is 10.1 Å². The van der Waals surface area contributed by atoms with Crippen molar-refractivity contribution in [1.82, 2.24) is 5.32 Å². The van der Waals surface area contributed by atoms with Gasteiger partial charge in [0.15, 0.2) is 0 Å². The molecule has 1 atom stereocenters. The molecule has 0 radical (unpaired) electrons. The van der Waals surface area contributed by atoms with E-state index in [0.29, 0.717) is 28.8 Å². The predicted octanol–water partition coefficient (Wildman–Crippen LogP) is 2.42. The predicted molar refractivity (Wildman–Crippen MR) is 65.5 cm³/mol. The zero-order valence-corrected chi connectivity index (χ0v) is 11.0. The lowest BCUT2D eigenvalue weighted by atomic mass is 10.1. The number of benzene rings is 1. The number of amides is 1. The number of carbonyl (C=O) groups is 1. The summed E-state index contributed by atoms with van der Waals surface area (Å²) in [6.45, 7) is 2.85. The Morgan fingerprint density at radius 2 is 2.35 bits per heavy atom. The highest BCUT2D eigenvalue weighted by atomic mass is 79.9. The molecule has 0 spiro atoms. The number of hydrogen-bond acceptors (Lipinski definition) is 2. The first-order valence-corrected chi connectivity index (χ1v) is 6.21. The minimum absolute atomic E-state index is 0.0330. The summed E-state index contributed by atoms with van der Waals surface area (Å²) in [5.41, 5.74) is 0.831. The molecule has 1 amide bonds. The van der Waals surface area contributed by atoms with E-state index < -0.39 is 0 Å². The topological polar surface area (TPSA) is 38.3 Å². The second-order valence-electron chi connectivity index (χ2n) is 4.10. The van der Waals surface area contributed by atoms with E-state index in [1.54, 1.807) is 13.0 Å². The lowest BCUT2D eigenvalue weighted by Gasteiger charge is -2.11. The molecule has 92 valence electrons. The molecule has 2 rings (SSSR count). The second kappa shape index (κ2) is 5.14. The van der Waals surface area contributed by atoms with Crippen LogP contribution in [0.4, 0.5) is 4.39 Å². The van der Waals surface area contributed by atoms with Crippen LogP contribution >= 0.6 is 15.9 Å². The molecule has 1 saturated heterocycles. The first kappa shape index (κ1) is 12.5. The SMILES string of the molecule is Cc1c(F)cc(C(=O)NC2CCOC2)cc1Br. The Morgan fingerprint density at radius 3 is 2.94 bits per heavy atom. The average Bonchev–Trinajstić information content (AvgIpc) is 2.77. The second-order valence-corrected chi connectivity index (χ2v) is 4.95. The molecule has 1 N–H and O–H groups in total. The van der Waals surface area contributed by atoms with Crippen molar-refractivity contribution in [3.05, 3.63) is 33.5 Å². The molecule has 3 nitrogen and oxygen atoms in total. The van der Waals surface area contributed by atoms with Crippen LogP contribution in [-0.4, -0.2) is 25.2 Å². The first-order chi connectivity index (χ1) is 8.08. The van der Waals surface area contributed by atoms with Crippen LogP contribution in [0.2, 0.25) is 0 Å². The number of hydrogen-bond donors (Lipinski definition) is 1. The van der Waals surface area contributed by atoms with E-state index in [2.05, 4.69) is 21.2 Å². The first-order valence-electron chi connectivity index (χ1n) is 5.42. The van der Waals surface area contributed by atoms with Crippen LogP contribution in [0.25, 0.3) is 0 Å². The maximum atomic E-state index is 13.5. The smallest absolute Gasteiger partial charge is 0.251 e. The van der Waals surface area contributed by atoms with Crippen molar-refractivity contribution in [2.45, 2.75) is 19.4 Å². The van der Waals surface area contributed by atoms with Gasteiger partial charge in [0.25, 0.3) is 5.91 Å². The van der Waals surface area contributed by atoms with Gasteiger partial charge in [-0.25, -0.2) is 4.39 Å². The van der Waals surface area contributed by atoms with E-state index in [1.807, 2.05) is 0 Å². The Bertz CT molecular complexity index is 421. The van der Waals surface area contributed by atoms with E-state index >= 15 is 0 Å². The summed E-state index contributed by atoms with van der Waals surface area (Å²) in [4.78, 5) is 11.9. The number of rotatable bonds is 2. The molecule has 1 unspecified atom stereocenters. The van der Waals surface area contributed by atoms with Crippen LogP contribution in [0.15, 0.2) is 16.6 Å². The maximum absolute atomic E-state index is 13.5. The summed E-state index contributed by atoms with van der Waals surface area (Å²) in [6, 6.07) is 2.92. The summed E-state index contributed by atoms with van der Waals surface area (Å²) >= 11 is 3.23. The average molecular weight is 302 g/mol. The van der Waals surface area contributed by atoms with E-state index in [0.717, 1.165) is 6.42 Å². The molecular weight excluding hydrogens is 289 g/mol. The van der Waals surface area contributed by atoms with Gasteiger partial charge in [-0.15, -0.1) is 0 Å².